The molecule has 3 aliphatic heterocycles. The van der Waals surface area contributed by atoms with Crippen LogP contribution in [0.4, 0.5) is 5.69 Å². The molecule has 0 bridgehead atoms. The fourth-order valence-electron chi connectivity index (χ4n) is 7.25. The van der Waals surface area contributed by atoms with E-state index in [1.165, 1.54) is 43.5 Å². The predicted molar refractivity (Wildman–Crippen MR) is 171 cm³/mol. The van der Waals surface area contributed by atoms with Crippen LogP contribution in [0.5, 0.6) is 0 Å². The van der Waals surface area contributed by atoms with Crippen molar-refractivity contribution in [1.29, 1.82) is 0 Å². The molecular weight excluding hydrogens is 532 g/mol. The number of likely N-dealkylation sites (tertiary alicyclic amines) is 2. The zero-order chi connectivity index (χ0) is 29.3. The first-order chi connectivity index (χ1) is 21.1. The number of anilines is 1. The molecule has 2 amide bonds. The van der Waals surface area contributed by atoms with Gasteiger partial charge in [-0.2, -0.15) is 0 Å². The van der Waals surface area contributed by atoms with Crippen LogP contribution in [-0.4, -0.2) is 58.4 Å². The minimum atomic E-state index is -0.0360. The highest BCUT2D eigenvalue weighted by Crippen LogP contribution is 2.32. The van der Waals surface area contributed by atoms with E-state index < -0.39 is 0 Å². The predicted octanol–water partition coefficient (Wildman–Crippen LogP) is 6.76. The zero-order valence-corrected chi connectivity index (χ0v) is 25.0. The Balaban J connectivity index is 1.12. The number of carbonyl (C=O) groups is 2. The summed E-state index contributed by atoms with van der Waals surface area (Å²) in [5, 5.41) is 0. The Labute approximate surface area is 254 Å². The first-order valence-corrected chi connectivity index (χ1v) is 15.8. The lowest BCUT2D eigenvalue weighted by Gasteiger charge is -2.40. The second kappa shape index (κ2) is 11.8. The average molecular weight is 573 g/mol. The van der Waals surface area contributed by atoms with Gasteiger partial charge in [-0.3, -0.25) is 9.59 Å². The van der Waals surface area contributed by atoms with Crippen LogP contribution in [0.2, 0.25) is 0 Å². The Kier molecular flexibility index (Phi) is 7.62. The molecule has 0 N–H and O–H groups in total. The zero-order valence-electron chi connectivity index (χ0n) is 25.0. The van der Waals surface area contributed by atoms with E-state index in [-0.39, 0.29) is 11.8 Å². The van der Waals surface area contributed by atoms with Crippen LogP contribution in [0.25, 0.3) is 11.1 Å². The van der Waals surface area contributed by atoms with Gasteiger partial charge in [-0.25, -0.2) is 0 Å². The van der Waals surface area contributed by atoms with E-state index in [2.05, 4.69) is 34.6 Å². The van der Waals surface area contributed by atoms with E-state index >= 15 is 0 Å². The molecule has 0 unspecified atom stereocenters. The summed E-state index contributed by atoms with van der Waals surface area (Å²) in [6, 6.07) is 28.9. The molecule has 1 aromatic heterocycles. The van der Waals surface area contributed by atoms with Gasteiger partial charge in [-0.15, -0.1) is 0 Å². The van der Waals surface area contributed by atoms with Crippen molar-refractivity contribution in [3.05, 3.63) is 113 Å². The van der Waals surface area contributed by atoms with Crippen molar-refractivity contribution in [1.82, 2.24) is 14.4 Å². The standard InChI is InChI=1S/C37H40N4O2/c1-27-9-3-5-11-33(27)28-13-15-29(16-14-28)36(42)41-26-32-17-18-35(40(32)25-30-10-4-6-12-34(30)41)37(43)39-23-19-31(20-24-39)38-21-7-2-8-22-38/h3-6,9-18,31H,2,7-8,19-26H2,1H3. The van der Waals surface area contributed by atoms with Crippen molar-refractivity contribution in [2.45, 2.75) is 58.2 Å². The molecule has 2 fully saturated rings. The quantitative estimate of drug-likeness (QED) is 0.271. The van der Waals surface area contributed by atoms with E-state index in [4.69, 9.17) is 0 Å². The summed E-state index contributed by atoms with van der Waals surface area (Å²) in [6.45, 7) is 7.11. The largest absolute Gasteiger partial charge is 0.337 e. The van der Waals surface area contributed by atoms with Crippen molar-refractivity contribution < 1.29 is 9.59 Å². The van der Waals surface area contributed by atoms with Gasteiger partial charge in [-0.05, 0) is 98.3 Å². The summed E-state index contributed by atoms with van der Waals surface area (Å²) >= 11 is 0. The molecule has 3 aromatic carbocycles. The van der Waals surface area contributed by atoms with Gasteiger partial charge >= 0.3 is 0 Å². The van der Waals surface area contributed by atoms with Crippen molar-refractivity contribution in [3.8, 4) is 11.1 Å². The highest BCUT2D eigenvalue weighted by atomic mass is 16.2. The Morgan fingerprint density at radius 1 is 0.698 bits per heavy atom. The maximum Gasteiger partial charge on any atom is 0.270 e. The molecule has 0 aliphatic carbocycles. The molecule has 2 saturated heterocycles. The number of hydrogen-bond donors (Lipinski definition) is 0. The fraction of sp³-hybridized carbons (Fsp3) is 0.351. The second-order valence-electron chi connectivity index (χ2n) is 12.3. The molecule has 4 heterocycles. The van der Waals surface area contributed by atoms with Crippen molar-refractivity contribution in [2.75, 3.05) is 31.1 Å². The number of rotatable bonds is 4. The summed E-state index contributed by atoms with van der Waals surface area (Å²) in [5.41, 5.74) is 7.78. The third-order valence-electron chi connectivity index (χ3n) is 9.71. The van der Waals surface area contributed by atoms with Crippen LogP contribution in [0.3, 0.4) is 0 Å². The van der Waals surface area contributed by atoms with Gasteiger partial charge in [0.05, 0.1) is 13.1 Å². The highest BCUT2D eigenvalue weighted by Gasteiger charge is 2.31. The number of nitrogens with zero attached hydrogens (tertiary/aromatic N) is 4. The molecule has 0 radical (unpaired) electrons. The summed E-state index contributed by atoms with van der Waals surface area (Å²) in [6.07, 6.45) is 6.05. The van der Waals surface area contributed by atoms with Gasteiger partial charge in [0.2, 0.25) is 0 Å². The third-order valence-corrected chi connectivity index (χ3v) is 9.71. The topological polar surface area (TPSA) is 48.8 Å². The number of benzene rings is 3. The average Bonchev–Trinajstić information content (AvgIpc) is 3.37. The number of aromatic nitrogens is 1. The maximum atomic E-state index is 14.0. The van der Waals surface area contributed by atoms with Crippen LogP contribution in [0.15, 0.2) is 84.9 Å². The number of fused-ring (bicyclic) bond motifs is 2. The first-order valence-electron chi connectivity index (χ1n) is 15.8. The number of hydrogen-bond acceptors (Lipinski definition) is 3. The van der Waals surface area contributed by atoms with E-state index in [9.17, 15) is 9.59 Å². The van der Waals surface area contributed by atoms with Gasteiger partial charge in [0.25, 0.3) is 11.8 Å². The molecule has 3 aliphatic rings. The molecule has 6 nitrogen and oxygen atoms in total. The van der Waals surface area contributed by atoms with E-state index in [1.807, 2.05) is 76.5 Å². The van der Waals surface area contributed by atoms with E-state index in [0.29, 0.717) is 24.7 Å². The number of amides is 2. The van der Waals surface area contributed by atoms with Crippen molar-refractivity contribution in [3.63, 3.8) is 0 Å². The maximum absolute atomic E-state index is 14.0. The monoisotopic (exact) mass is 572 g/mol. The smallest absolute Gasteiger partial charge is 0.270 e. The Morgan fingerprint density at radius 3 is 2.19 bits per heavy atom. The molecule has 0 atom stereocenters. The SMILES string of the molecule is Cc1ccccc1-c1ccc(C(=O)N2Cc3ccc(C(=O)N4CCC(N5CCCCC5)CC4)n3Cc3ccccc32)cc1. The van der Waals surface area contributed by atoms with Crippen LogP contribution in [0.1, 0.15) is 69.8 Å². The molecule has 6 heteroatoms. The lowest BCUT2D eigenvalue weighted by atomic mass is 9.99. The number of piperidine rings is 2. The molecule has 0 spiro atoms. The van der Waals surface area contributed by atoms with Gasteiger partial charge in [0.15, 0.2) is 0 Å². The Morgan fingerprint density at radius 2 is 1.42 bits per heavy atom. The Hall–Kier alpha value is -4.16. The minimum Gasteiger partial charge on any atom is -0.337 e. The second-order valence-corrected chi connectivity index (χ2v) is 12.3. The molecular formula is C37H40N4O2. The number of aryl methyl sites for hydroxylation is 1. The molecule has 0 saturated carbocycles. The summed E-state index contributed by atoms with van der Waals surface area (Å²) in [7, 11) is 0. The van der Waals surface area contributed by atoms with Gasteiger partial charge in [-0.1, -0.05) is 61.0 Å². The molecule has 220 valence electrons. The molecule has 43 heavy (non-hydrogen) atoms. The van der Waals surface area contributed by atoms with Crippen LogP contribution >= 0.6 is 0 Å². The van der Waals surface area contributed by atoms with Crippen LogP contribution in [0, 0.1) is 6.92 Å². The van der Waals surface area contributed by atoms with E-state index in [0.717, 1.165) is 54.1 Å². The highest BCUT2D eigenvalue weighted by molar-refractivity contribution is 6.07. The molecule has 4 aromatic rings. The van der Waals surface area contributed by atoms with Crippen molar-refractivity contribution in [2.24, 2.45) is 0 Å². The van der Waals surface area contributed by atoms with Gasteiger partial charge < -0.3 is 19.3 Å². The minimum absolute atomic E-state index is 0.0360. The number of carbonyl (C=O) groups excluding carboxylic acids is 2. The summed E-state index contributed by atoms with van der Waals surface area (Å²) in [4.78, 5) is 34.4. The lowest BCUT2D eigenvalue weighted by molar-refractivity contribution is 0.0580. The normalized spacial score (nSPS) is 17.7. The third kappa shape index (κ3) is 5.40. The van der Waals surface area contributed by atoms with Crippen LogP contribution in [-0.2, 0) is 13.1 Å². The number of para-hydroxylation sites is 1. The van der Waals surface area contributed by atoms with Gasteiger partial charge in [0.1, 0.15) is 5.69 Å². The van der Waals surface area contributed by atoms with Crippen LogP contribution < -0.4 is 4.90 Å². The fourth-order valence-corrected chi connectivity index (χ4v) is 7.25. The summed E-state index contributed by atoms with van der Waals surface area (Å²) < 4.78 is 2.13. The van der Waals surface area contributed by atoms with Gasteiger partial charge in [0, 0.05) is 36.1 Å². The summed E-state index contributed by atoms with van der Waals surface area (Å²) in [5.74, 6) is 0.0680. The lowest BCUT2D eigenvalue weighted by Crippen LogP contribution is -2.48. The Bertz CT molecular complexity index is 1620. The van der Waals surface area contributed by atoms with E-state index in [1.54, 1.807) is 0 Å². The molecule has 7 rings (SSSR count). The van der Waals surface area contributed by atoms with Crippen molar-refractivity contribution >= 4 is 17.5 Å². The first kappa shape index (κ1) is 27.7.